The minimum atomic E-state index is -0.736. The topological polar surface area (TPSA) is 116 Å². The molecule has 2 saturated heterocycles. The Hall–Kier alpha value is -3.97. The third kappa shape index (κ3) is 5.75. The van der Waals surface area contributed by atoms with E-state index in [1.165, 1.54) is 17.8 Å². The second kappa shape index (κ2) is 11.0. The number of benzene rings is 2. The van der Waals surface area contributed by atoms with Gasteiger partial charge in [-0.25, -0.2) is 14.2 Å². The van der Waals surface area contributed by atoms with Crippen LogP contribution in [0.1, 0.15) is 40.7 Å². The highest BCUT2D eigenvalue weighted by Crippen LogP contribution is 2.32. The van der Waals surface area contributed by atoms with Gasteiger partial charge < -0.3 is 20.1 Å². The van der Waals surface area contributed by atoms with Gasteiger partial charge in [-0.15, -0.1) is 11.3 Å². The van der Waals surface area contributed by atoms with Crippen LogP contribution in [0.2, 0.25) is 0 Å². The number of phenols is 1. The zero-order valence-electron chi connectivity index (χ0n) is 18.7. The average Bonchev–Trinajstić information content (AvgIpc) is 3.55. The molecular formula is C25H23FN4O4S. The highest BCUT2D eigenvalue weighted by atomic mass is 32.1. The first-order valence-electron chi connectivity index (χ1n) is 11.1. The van der Waals surface area contributed by atoms with E-state index in [1.807, 2.05) is 11.0 Å². The number of fused-ring (bicyclic) bond motifs is 1. The van der Waals surface area contributed by atoms with Crippen molar-refractivity contribution in [3.63, 3.8) is 0 Å². The Morgan fingerprint density at radius 3 is 2.80 bits per heavy atom. The lowest BCUT2D eigenvalue weighted by Gasteiger charge is -2.25. The Labute approximate surface area is 205 Å². The van der Waals surface area contributed by atoms with Crippen LogP contribution >= 0.6 is 11.3 Å². The van der Waals surface area contributed by atoms with Gasteiger partial charge in [0.2, 0.25) is 0 Å². The third-order valence-electron chi connectivity index (χ3n) is 5.79. The fourth-order valence-electron chi connectivity index (χ4n) is 3.90. The Balaban J connectivity index is 0.000000239. The number of hydrogen-bond donors (Lipinski definition) is 2. The highest BCUT2D eigenvalue weighted by molar-refractivity contribution is 7.13. The molecule has 2 N–H and O–H groups in total. The number of thiazole rings is 1. The van der Waals surface area contributed by atoms with Crippen molar-refractivity contribution in [2.45, 2.75) is 31.8 Å². The number of nitrogens with zero attached hydrogens (tertiary/aromatic N) is 3. The molecule has 1 aromatic heterocycles. The summed E-state index contributed by atoms with van der Waals surface area (Å²) in [5, 5.41) is 23.6. The van der Waals surface area contributed by atoms with E-state index in [-0.39, 0.29) is 29.5 Å². The number of rotatable bonds is 4. The molecule has 8 nitrogen and oxygen atoms in total. The summed E-state index contributed by atoms with van der Waals surface area (Å²) in [5.74, 6) is -1.58. The fourth-order valence-corrected chi connectivity index (χ4v) is 4.57. The van der Waals surface area contributed by atoms with Crippen molar-refractivity contribution in [1.29, 1.82) is 5.26 Å². The molecule has 2 aliphatic rings. The maximum absolute atomic E-state index is 14.3. The number of cyclic esters (lactones) is 1. The summed E-state index contributed by atoms with van der Waals surface area (Å²) in [6, 6.07) is 11.3. The van der Waals surface area contributed by atoms with Gasteiger partial charge in [0, 0.05) is 24.7 Å². The van der Waals surface area contributed by atoms with Gasteiger partial charge >= 0.3 is 6.09 Å². The number of aromatic nitrogens is 1. The molecule has 2 fully saturated rings. The summed E-state index contributed by atoms with van der Waals surface area (Å²) in [7, 11) is 0. The van der Waals surface area contributed by atoms with E-state index in [4.69, 9.17) is 10.00 Å². The molecule has 2 aromatic carbocycles. The van der Waals surface area contributed by atoms with Crippen LogP contribution in [0.3, 0.4) is 0 Å². The van der Waals surface area contributed by atoms with Crippen LogP contribution in [0.25, 0.3) is 10.6 Å². The molecule has 3 aromatic rings. The molecule has 2 aliphatic heterocycles. The molecule has 0 saturated carbocycles. The SMILES string of the molecule is N#Cc1ccc(CNC(=O)c2cc(O)c(-c3nccs3)cc2F)cc1.O=C1OC[C@@H]2CCCCN12. The third-order valence-corrected chi connectivity index (χ3v) is 6.60. The number of nitriles is 1. The second-order valence-corrected chi connectivity index (χ2v) is 8.99. The number of amides is 2. The van der Waals surface area contributed by atoms with Crippen molar-refractivity contribution in [1.82, 2.24) is 15.2 Å². The van der Waals surface area contributed by atoms with Crippen LogP contribution in [0, 0.1) is 17.1 Å². The van der Waals surface area contributed by atoms with Crippen molar-refractivity contribution in [3.8, 4) is 22.4 Å². The van der Waals surface area contributed by atoms with Gasteiger partial charge in [-0.2, -0.15) is 5.26 Å². The number of phenolic OH excluding ortho intramolecular Hbond substituents is 1. The summed E-state index contributed by atoms with van der Waals surface area (Å²) in [6.45, 7) is 1.71. The van der Waals surface area contributed by atoms with Crippen LogP contribution < -0.4 is 5.32 Å². The first-order chi connectivity index (χ1) is 17.0. The number of piperidine rings is 1. The molecule has 35 heavy (non-hydrogen) atoms. The normalized spacial score (nSPS) is 16.4. The monoisotopic (exact) mass is 494 g/mol. The van der Waals surface area contributed by atoms with Crippen LogP contribution in [-0.4, -0.2) is 46.2 Å². The van der Waals surface area contributed by atoms with E-state index in [1.54, 1.807) is 35.8 Å². The Bertz CT molecular complexity index is 1240. The molecule has 1 atom stereocenters. The summed E-state index contributed by atoms with van der Waals surface area (Å²) < 4.78 is 19.2. The molecule has 5 rings (SSSR count). The van der Waals surface area contributed by atoms with E-state index >= 15 is 0 Å². The van der Waals surface area contributed by atoms with E-state index in [0.717, 1.165) is 37.1 Å². The number of ether oxygens (including phenoxy) is 1. The molecule has 0 radical (unpaired) electrons. The molecule has 0 aliphatic carbocycles. The van der Waals surface area contributed by atoms with E-state index in [0.29, 0.717) is 23.2 Å². The molecule has 0 bridgehead atoms. The van der Waals surface area contributed by atoms with Crippen LogP contribution in [0.5, 0.6) is 5.75 Å². The fraction of sp³-hybridized carbons (Fsp3) is 0.280. The molecular weight excluding hydrogens is 471 g/mol. The molecule has 0 spiro atoms. The van der Waals surface area contributed by atoms with Crippen LogP contribution in [-0.2, 0) is 11.3 Å². The smallest absolute Gasteiger partial charge is 0.410 e. The average molecular weight is 495 g/mol. The zero-order chi connectivity index (χ0) is 24.8. The van der Waals surface area contributed by atoms with Crippen molar-refractivity contribution < 1.29 is 23.8 Å². The Kier molecular flexibility index (Phi) is 7.57. The number of aromatic hydroxyl groups is 1. The molecule has 10 heteroatoms. The van der Waals surface area contributed by atoms with Crippen LogP contribution in [0.15, 0.2) is 48.0 Å². The number of carbonyl (C=O) groups excluding carboxylic acids is 2. The highest BCUT2D eigenvalue weighted by Gasteiger charge is 2.34. The number of hydrogen-bond acceptors (Lipinski definition) is 7. The molecule has 0 unspecified atom stereocenters. The molecule has 2 amide bonds. The summed E-state index contributed by atoms with van der Waals surface area (Å²) in [6.07, 6.45) is 4.97. The Morgan fingerprint density at radius 1 is 1.31 bits per heavy atom. The number of carbonyl (C=O) groups is 2. The van der Waals surface area contributed by atoms with E-state index in [9.17, 15) is 19.1 Å². The quantitative estimate of drug-likeness (QED) is 0.554. The summed E-state index contributed by atoms with van der Waals surface area (Å²) in [5.41, 5.74) is 1.29. The van der Waals surface area contributed by atoms with E-state index < -0.39 is 11.7 Å². The number of halogens is 1. The predicted octanol–water partition coefficient (Wildman–Crippen LogP) is 4.45. The van der Waals surface area contributed by atoms with E-state index in [2.05, 4.69) is 10.3 Å². The van der Waals surface area contributed by atoms with Gasteiger partial charge in [0.25, 0.3) is 5.91 Å². The zero-order valence-corrected chi connectivity index (χ0v) is 19.6. The van der Waals surface area contributed by atoms with Crippen molar-refractivity contribution in [2.75, 3.05) is 13.2 Å². The summed E-state index contributed by atoms with van der Waals surface area (Å²) in [4.78, 5) is 29.0. The van der Waals surface area contributed by atoms with Gasteiger partial charge in [-0.3, -0.25) is 4.79 Å². The first kappa shape index (κ1) is 24.2. The van der Waals surface area contributed by atoms with Crippen LogP contribution in [0.4, 0.5) is 9.18 Å². The Morgan fingerprint density at radius 2 is 2.11 bits per heavy atom. The van der Waals surface area contributed by atoms with Gasteiger partial charge in [0.1, 0.15) is 23.2 Å². The minimum Gasteiger partial charge on any atom is -0.507 e. The first-order valence-corrected chi connectivity index (χ1v) is 12.0. The van der Waals surface area contributed by atoms with Gasteiger partial charge in [0.05, 0.1) is 28.8 Å². The lowest BCUT2D eigenvalue weighted by atomic mass is 10.0. The predicted molar refractivity (Wildman–Crippen MR) is 127 cm³/mol. The maximum Gasteiger partial charge on any atom is 0.410 e. The minimum absolute atomic E-state index is 0.107. The van der Waals surface area contributed by atoms with Crippen molar-refractivity contribution in [3.05, 3.63) is 70.5 Å². The summed E-state index contributed by atoms with van der Waals surface area (Å²) >= 11 is 1.26. The lowest BCUT2D eigenvalue weighted by molar-refractivity contribution is 0.0946. The standard InChI is InChI=1S/C18H12FN3O2S.C7H11NO2/c19-15-7-14(18-21-5-6-25-18)16(23)8-13(15)17(24)22-10-12-3-1-11(9-20)2-4-12;9-7-8-4-2-1-3-6(8)5-10-7/h1-8,23H,10H2,(H,22,24);6H,1-5H2/t;6-/m.0/s1. The maximum atomic E-state index is 14.3. The lowest BCUT2D eigenvalue weighted by Crippen LogP contribution is -2.37. The van der Waals surface area contributed by atoms with Gasteiger partial charge in [-0.05, 0) is 49.1 Å². The van der Waals surface area contributed by atoms with Crippen molar-refractivity contribution in [2.24, 2.45) is 0 Å². The molecule has 180 valence electrons. The largest absolute Gasteiger partial charge is 0.507 e. The van der Waals surface area contributed by atoms with Gasteiger partial charge in [0.15, 0.2) is 0 Å². The second-order valence-electron chi connectivity index (χ2n) is 8.10. The van der Waals surface area contributed by atoms with Gasteiger partial charge in [-0.1, -0.05) is 12.1 Å². The van der Waals surface area contributed by atoms with Crippen molar-refractivity contribution >= 4 is 23.3 Å². The molecule has 3 heterocycles. The number of nitrogens with one attached hydrogen (secondary N) is 1.